The van der Waals surface area contributed by atoms with Gasteiger partial charge in [0.2, 0.25) is 0 Å². The Balaban J connectivity index is 1.52. The summed E-state index contributed by atoms with van der Waals surface area (Å²) in [7, 11) is -4.33. The Bertz CT molecular complexity index is 1620. The number of aromatic nitrogens is 2. The van der Waals surface area contributed by atoms with E-state index in [4.69, 9.17) is 18.5 Å². The lowest BCUT2D eigenvalue weighted by Crippen LogP contribution is -2.38. The first-order valence-electron chi connectivity index (χ1n) is 13.6. The van der Waals surface area contributed by atoms with Crippen molar-refractivity contribution in [2.75, 3.05) is 6.61 Å². The number of hydrogen-bond acceptors (Lipinski definition) is 8. The molecular formula is C29H34F2N3O8P. The normalized spacial score (nSPS) is 22.2. The van der Waals surface area contributed by atoms with Crippen LogP contribution >= 0.6 is 7.75 Å². The third kappa shape index (κ3) is 8.05. The number of esters is 1. The molecule has 5 atom stereocenters. The number of ether oxygens (including phenoxy) is 2. The van der Waals surface area contributed by atoms with E-state index in [1.807, 2.05) is 0 Å². The average Bonchev–Trinajstić information content (AvgIpc) is 3.23. The molecule has 3 aromatic rings. The van der Waals surface area contributed by atoms with Crippen LogP contribution in [0.5, 0.6) is 5.75 Å². The Kier molecular flexibility index (Phi) is 9.70. The number of carbonyl (C=O) groups is 1. The lowest BCUT2D eigenvalue weighted by molar-refractivity contribution is -0.149. The molecule has 1 saturated heterocycles. The van der Waals surface area contributed by atoms with Crippen LogP contribution in [0, 0.1) is 12.7 Å². The minimum atomic E-state index is -4.33. The first-order chi connectivity index (χ1) is 20.2. The second-order valence-corrected chi connectivity index (χ2v) is 12.5. The number of halogens is 2. The topological polar surface area (TPSA) is 138 Å². The van der Waals surface area contributed by atoms with E-state index in [9.17, 15) is 23.3 Å². The van der Waals surface area contributed by atoms with Crippen LogP contribution < -0.4 is 20.9 Å². The van der Waals surface area contributed by atoms with E-state index in [0.717, 1.165) is 16.8 Å². The molecule has 1 unspecified atom stereocenters. The van der Waals surface area contributed by atoms with Gasteiger partial charge in [-0.15, -0.1) is 0 Å². The second-order valence-electron chi connectivity index (χ2n) is 10.8. The minimum Gasteiger partial charge on any atom is -0.462 e. The van der Waals surface area contributed by atoms with E-state index in [1.165, 1.54) is 32.0 Å². The monoisotopic (exact) mass is 621 g/mol. The highest BCUT2D eigenvalue weighted by Gasteiger charge is 2.48. The Morgan fingerprint density at radius 2 is 1.84 bits per heavy atom. The number of benzene rings is 2. The van der Waals surface area contributed by atoms with Gasteiger partial charge in [-0.05, 0) is 69.5 Å². The molecule has 14 heteroatoms. The SMILES string of the molecule is Cc1ccc(-c2ccc(OP(=O)(N[C@@H](C)C(=O)OC(C)C)OC[C@@H]3C[C@@](C)(F)[C@H](n4ccc(=O)[nH]c4=O)O3)cc2)cc1F. The van der Waals surface area contributed by atoms with Crippen molar-refractivity contribution < 1.29 is 36.7 Å². The van der Waals surface area contributed by atoms with Crippen molar-refractivity contribution >= 4 is 13.7 Å². The molecule has 11 nitrogen and oxygen atoms in total. The third-order valence-corrected chi connectivity index (χ3v) is 8.28. The summed E-state index contributed by atoms with van der Waals surface area (Å²) in [6.07, 6.45) is -1.92. The highest BCUT2D eigenvalue weighted by molar-refractivity contribution is 7.52. The maximum atomic E-state index is 15.5. The highest BCUT2D eigenvalue weighted by Crippen LogP contribution is 2.47. The van der Waals surface area contributed by atoms with Gasteiger partial charge in [0.25, 0.3) is 5.56 Å². The van der Waals surface area contributed by atoms with Crippen molar-refractivity contribution in [3.8, 4) is 16.9 Å². The molecule has 0 spiro atoms. The van der Waals surface area contributed by atoms with Gasteiger partial charge in [-0.25, -0.2) is 18.1 Å². The predicted molar refractivity (Wildman–Crippen MR) is 154 cm³/mol. The largest absolute Gasteiger partial charge is 0.462 e. The van der Waals surface area contributed by atoms with Gasteiger partial charge < -0.3 is 14.0 Å². The van der Waals surface area contributed by atoms with Gasteiger partial charge in [-0.2, -0.15) is 5.09 Å². The van der Waals surface area contributed by atoms with Crippen molar-refractivity contribution in [1.29, 1.82) is 0 Å². The molecule has 1 aliphatic rings. The zero-order valence-electron chi connectivity index (χ0n) is 24.3. The summed E-state index contributed by atoms with van der Waals surface area (Å²) in [6, 6.07) is 11.1. The average molecular weight is 622 g/mol. The first-order valence-corrected chi connectivity index (χ1v) is 15.1. The lowest BCUT2D eigenvalue weighted by Gasteiger charge is -2.24. The van der Waals surface area contributed by atoms with Crippen LogP contribution in [0.4, 0.5) is 8.78 Å². The Hall–Kier alpha value is -3.64. The Labute approximate surface area is 246 Å². The number of rotatable bonds is 11. The molecule has 0 saturated carbocycles. The van der Waals surface area contributed by atoms with Crippen molar-refractivity contribution in [2.45, 2.75) is 71.2 Å². The number of hydrogen-bond donors (Lipinski definition) is 2. The van der Waals surface area contributed by atoms with Crippen molar-refractivity contribution in [1.82, 2.24) is 14.6 Å². The fourth-order valence-electron chi connectivity index (χ4n) is 4.50. The zero-order valence-corrected chi connectivity index (χ0v) is 25.2. The molecule has 2 aromatic carbocycles. The quantitative estimate of drug-likeness (QED) is 0.228. The van der Waals surface area contributed by atoms with E-state index in [0.29, 0.717) is 16.7 Å². The molecule has 4 rings (SSSR count). The second kappa shape index (κ2) is 12.9. The van der Waals surface area contributed by atoms with Crippen molar-refractivity contribution in [3.63, 3.8) is 0 Å². The molecule has 2 heterocycles. The molecule has 1 aliphatic heterocycles. The van der Waals surface area contributed by atoms with Gasteiger partial charge in [0.1, 0.15) is 17.6 Å². The highest BCUT2D eigenvalue weighted by atomic mass is 31.2. The summed E-state index contributed by atoms with van der Waals surface area (Å²) in [5.74, 6) is -0.949. The number of aryl methyl sites for hydroxylation is 1. The van der Waals surface area contributed by atoms with Crippen LogP contribution in [-0.4, -0.2) is 46.0 Å². The van der Waals surface area contributed by atoms with Crippen LogP contribution in [0.15, 0.2) is 64.3 Å². The summed E-state index contributed by atoms with van der Waals surface area (Å²) in [5, 5.41) is 2.55. The summed E-state index contributed by atoms with van der Waals surface area (Å²) < 4.78 is 66.7. The van der Waals surface area contributed by atoms with E-state index in [1.54, 1.807) is 45.0 Å². The number of aromatic amines is 1. The Morgan fingerprint density at radius 1 is 1.16 bits per heavy atom. The smallest absolute Gasteiger partial charge is 0.459 e. The molecular weight excluding hydrogens is 587 g/mol. The zero-order chi connectivity index (χ0) is 31.5. The van der Waals surface area contributed by atoms with Crippen molar-refractivity contribution in [3.05, 3.63) is 86.9 Å². The number of nitrogens with one attached hydrogen (secondary N) is 2. The molecule has 1 aromatic heterocycles. The summed E-state index contributed by atoms with van der Waals surface area (Å²) in [5.41, 5.74) is -1.74. The van der Waals surface area contributed by atoms with Crippen LogP contribution in [0.3, 0.4) is 0 Å². The van der Waals surface area contributed by atoms with E-state index in [2.05, 4.69) is 10.1 Å². The van der Waals surface area contributed by atoms with Crippen LogP contribution in [0.2, 0.25) is 0 Å². The van der Waals surface area contributed by atoms with E-state index >= 15 is 4.39 Å². The fourth-order valence-corrected chi connectivity index (χ4v) is 6.02. The number of nitrogens with zero attached hydrogens (tertiary/aromatic N) is 1. The molecule has 0 aliphatic carbocycles. The van der Waals surface area contributed by atoms with Crippen LogP contribution in [0.1, 0.15) is 45.9 Å². The molecule has 1 fully saturated rings. The third-order valence-electron chi connectivity index (χ3n) is 6.64. The fraction of sp³-hybridized carbons (Fsp3) is 0.414. The van der Waals surface area contributed by atoms with Crippen LogP contribution in [0.25, 0.3) is 11.1 Å². The number of carbonyl (C=O) groups excluding carboxylic acids is 1. The van der Waals surface area contributed by atoms with Gasteiger partial charge in [-0.3, -0.25) is 23.7 Å². The molecule has 0 amide bonds. The van der Waals surface area contributed by atoms with Crippen molar-refractivity contribution in [2.24, 2.45) is 0 Å². The van der Waals surface area contributed by atoms with Gasteiger partial charge in [0, 0.05) is 18.7 Å². The molecule has 0 radical (unpaired) electrons. The van der Waals surface area contributed by atoms with Crippen LogP contribution in [-0.2, 0) is 23.4 Å². The predicted octanol–water partition coefficient (Wildman–Crippen LogP) is 4.80. The van der Waals surface area contributed by atoms with Gasteiger partial charge in [0.05, 0.1) is 18.8 Å². The van der Waals surface area contributed by atoms with E-state index < -0.39 is 61.7 Å². The molecule has 43 heavy (non-hydrogen) atoms. The summed E-state index contributed by atoms with van der Waals surface area (Å²) in [4.78, 5) is 38.2. The summed E-state index contributed by atoms with van der Waals surface area (Å²) >= 11 is 0. The first kappa shape index (κ1) is 32.3. The standard InChI is InChI=1S/C29H34F2N3O8P/c1-17(2)40-26(36)19(4)33-43(38,42-22-10-8-20(9-11-22)21-7-6-18(3)24(30)14-21)39-16-23-15-29(5,31)27(41-23)34-13-12-25(35)32-28(34)37/h6-14,17,19,23,27H,15-16H2,1-5H3,(H,33,38)(H,32,35,37)/t19-,23-,27+,29+,43?/m0/s1. The lowest BCUT2D eigenvalue weighted by atomic mass is 10.0. The summed E-state index contributed by atoms with van der Waals surface area (Å²) in [6.45, 7) is 7.19. The van der Waals surface area contributed by atoms with E-state index in [-0.39, 0.29) is 18.0 Å². The molecule has 0 bridgehead atoms. The van der Waals surface area contributed by atoms with Gasteiger partial charge >= 0.3 is 19.4 Å². The molecule has 2 N–H and O–H groups in total. The Morgan fingerprint density at radius 3 is 2.47 bits per heavy atom. The minimum absolute atomic E-state index is 0.108. The number of alkyl halides is 1. The molecule has 232 valence electrons. The van der Waals surface area contributed by atoms with Gasteiger partial charge in [-0.1, -0.05) is 24.3 Å². The van der Waals surface area contributed by atoms with Gasteiger partial charge in [0.15, 0.2) is 11.9 Å². The number of H-pyrrole nitrogens is 1. The maximum Gasteiger partial charge on any atom is 0.459 e. The maximum absolute atomic E-state index is 15.5.